The molecule has 0 amide bonds. The maximum atomic E-state index is 12.2. The zero-order chi connectivity index (χ0) is 30.3. The summed E-state index contributed by atoms with van der Waals surface area (Å²) in [5, 5.41) is 14.6. The highest BCUT2D eigenvalue weighted by atomic mass is 79.9. The fourth-order valence-corrected chi connectivity index (χ4v) is 13.4. The van der Waals surface area contributed by atoms with E-state index in [1.165, 1.54) is 10.4 Å². The van der Waals surface area contributed by atoms with Gasteiger partial charge in [-0.05, 0) is 45.0 Å². The molecule has 0 heterocycles. The lowest BCUT2D eigenvalue weighted by Crippen LogP contribution is -2.67. The van der Waals surface area contributed by atoms with Crippen molar-refractivity contribution in [3.63, 3.8) is 0 Å². The molecule has 1 saturated carbocycles. The highest BCUT2D eigenvalue weighted by Gasteiger charge is 2.80. The van der Waals surface area contributed by atoms with E-state index in [9.17, 15) is 5.11 Å². The Balaban J connectivity index is 1.75. The van der Waals surface area contributed by atoms with Gasteiger partial charge >= 0.3 is 0 Å². The topological polar surface area (TPSA) is 47.9 Å². The molecule has 1 N–H and O–H groups in total. The summed E-state index contributed by atoms with van der Waals surface area (Å²) in [4.78, 5) is 0. The molecule has 2 aromatic carbocycles. The average Bonchev–Trinajstić information content (AvgIpc) is 3.26. The molecule has 226 valence electrons. The Bertz CT molecular complexity index is 1140. The van der Waals surface area contributed by atoms with Crippen molar-refractivity contribution >= 4 is 34.6 Å². The molecule has 0 spiro atoms. The van der Waals surface area contributed by atoms with Crippen molar-refractivity contribution in [1.82, 2.24) is 0 Å². The maximum absolute atomic E-state index is 12.2. The second-order valence-corrected chi connectivity index (χ2v) is 20.0. The number of aliphatic hydroxyl groups excluding tert-OH is 1. The smallest absolute Gasteiger partial charge is 0.261 e. The van der Waals surface area contributed by atoms with Crippen LogP contribution in [-0.2, 0) is 13.9 Å². The van der Waals surface area contributed by atoms with Gasteiger partial charge in [0.2, 0.25) is 0 Å². The van der Waals surface area contributed by atoms with Gasteiger partial charge in [0.15, 0.2) is 0 Å². The average molecular weight is 644 g/mol. The monoisotopic (exact) mass is 642 g/mol. The fourth-order valence-electron chi connectivity index (χ4n) is 7.65. The number of allylic oxidation sites excluding steroid dienone is 2. The molecule has 41 heavy (non-hydrogen) atoms. The molecular weight excluding hydrogens is 592 g/mol. The molecule has 4 atom stereocenters. The standard InChI is InChI=1S/C35H51BrO4Si/c1-31(2,3)41(27-19-12-10-13-20-27,28-21-14-11-15-22-28)40-24-26-18-16-17-23-34(26,8)30(39-25-38-9)29(37)35(36)32(4,5)33(35,6)7/h10-17,19-22,26,29-30,37H,18,23-25H2,1-9H3/t26-,29-,30-,34+/m0/s1. The highest BCUT2D eigenvalue weighted by molar-refractivity contribution is 9.10. The van der Waals surface area contributed by atoms with Crippen LogP contribution in [0.3, 0.4) is 0 Å². The summed E-state index contributed by atoms with van der Waals surface area (Å²) in [6.07, 6.45) is 5.03. The van der Waals surface area contributed by atoms with Gasteiger partial charge < -0.3 is 19.0 Å². The first-order valence-corrected chi connectivity index (χ1v) is 17.7. The lowest BCUT2D eigenvalue weighted by Gasteiger charge is -2.50. The van der Waals surface area contributed by atoms with Gasteiger partial charge in [-0.2, -0.15) is 0 Å². The van der Waals surface area contributed by atoms with Crippen LogP contribution in [-0.4, -0.2) is 50.5 Å². The minimum Gasteiger partial charge on any atom is -0.407 e. The van der Waals surface area contributed by atoms with Gasteiger partial charge in [-0.15, -0.1) is 0 Å². The van der Waals surface area contributed by atoms with Crippen LogP contribution < -0.4 is 10.4 Å². The number of benzene rings is 2. The van der Waals surface area contributed by atoms with E-state index >= 15 is 0 Å². The first kappa shape index (κ1) is 32.6. The minimum absolute atomic E-state index is 0.101. The molecule has 0 aromatic heterocycles. The Hall–Kier alpha value is -1.28. The second kappa shape index (κ2) is 11.7. The van der Waals surface area contributed by atoms with Crippen LogP contribution in [0, 0.1) is 22.2 Å². The van der Waals surface area contributed by atoms with Crippen molar-refractivity contribution in [2.45, 2.75) is 89.8 Å². The van der Waals surface area contributed by atoms with Crippen molar-refractivity contribution < 1.29 is 19.0 Å². The van der Waals surface area contributed by atoms with E-state index in [0.717, 1.165) is 12.8 Å². The highest BCUT2D eigenvalue weighted by Crippen LogP contribution is 2.78. The number of halogens is 1. The summed E-state index contributed by atoms with van der Waals surface area (Å²) in [6.45, 7) is 18.9. The van der Waals surface area contributed by atoms with Crippen LogP contribution in [0.2, 0.25) is 5.04 Å². The third kappa shape index (κ3) is 5.15. The van der Waals surface area contributed by atoms with Crippen molar-refractivity contribution in [2.75, 3.05) is 20.5 Å². The zero-order valence-corrected chi connectivity index (χ0v) is 29.1. The largest absolute Gasteiger partial charge is 0.407 e. The fraction of sp³-hybridized carbons (Fsp3) is 0.600. The number of ether oxygens (including phenoxy) is 2. The van der Waals surface area contributed by atoms with Crippen molar-refractivity contribution in [3.8, 4) is 0 Å². The number of rotatable bonds is 11. The van der Waals surface area contributed by atoms with Crippen LogP contribution in [0.25, 0.3) is 0 Å². The quantitative estimate of drug-likeness (QED) is 0.123. The molecule has 2 aliphatic carbocycles. The molecule has 0 bridgehead atoms. The van der Waals surface area contributed by atoms with Crippen LogP contribution in [0.15, 0.2) is 72.8 Å². The first-order valence-electron chi connectivity index (χ1n) is 15.0. The predicted molar refractivity (Wildman–Crippen MR) is 176 cm³/mol. The second-order valence-electron chi connectivity index (χ2n) is 14.5. The van der Waals surface area contributed by atoms with E-state index in [1.807, 2.05) is 0 Å². The van der Waals surface area contributed by atoms with E-state index in [-0.39, 0.29) is 34.0 Å². The molecule has 4 nitrogen and oxygen atoms in total. The van der Waals surface area contributed by atoms with Gasteiger partial charge in [0.25, 0.3) is 8.32 Å². The summed E-state index contributed by atoms with van der Waals surface area (Å²) in [5.41, 5.74) is -0.570. The summed E-state index contributed by atoms with van der Waals surface area (Å²) in [6, 6.07) is 21.6. The Kier molecular flexibility index (Phi) is 9.28. The van der Waals surface area contributed by atoms with Gasteiger partial charge in [0.1, 0.15) is 6.79 Å². The SMILES string of the molecule is COCO[C@@H]([C@H](O)C1(Br)C(C)(C)C1(C)C)[C@]1(C)CC=CC[C@H]1CO[Si](c1ccccc1)(c1ccccc1)C(C)(C)C. The molecule has 0 aliphatic heterocycles. The van der Waals surface area contributed by atoms with Crippen LogP contribution in [0.5, 0.6) is 0 Å². The third-order valence-corrected chi connectivity index (χ3v) is 18.5. The van der Waals surface area contributed by atoms with E-state index in [4.69, 9.17) is 13.9 Å². The minimum atomic E-state index is -2.71. The Morgan fingerprint density at radius 2 is 1.41 bits per heavy atom. The predicted octanol–water partition coefficient (Wildman–Crippen LogP) is 7.09. The van der Waals surface area contributed by atoms with Crippen LogP contribution in [0.1, 0.15) is 68.2 Å². The van der Waals surface area contributed by atoms with E-state index in [2.05, 4.69) is 144 Å². The molecular formula is C35H51BrO4Si. The molecule has 2 aliphatic rings. The third-order valence-electron chi connectivity index (χ3n) is 11.0. The number of aliphatic hydroxyl groups is 1. The number of methoxy groups -OCH3 is 1. The van der Waals surface area contributed by atoms with Gasteiger partial charge in [-0.3, -0.25) is 0 Å². The summed E-state index contributed by atoms with van der Waals surface area (Å²) in [7, 11) is -1.07. The van der Waals surface area contributed by atoms with Gasteiger partial charge in [-0.25, -0.2) is 0 Å². The molecule has 0 radical (unpaired) electrons. The number of hydrogen-bond donors (Lipinski definition) is 1. The molecule has 1 fully saturated rings. The lowest BCUT2D eigenvalue weighted by atomic mass is 9.64. The van der Waals surface area contributed by atoms with Gasteiger partial charge in [-0.1, -0.05) is 144 Å². The van der Waals surface area contributed by atoms with Gasteiger partial charge in [0, 0.05) is 19.1 Å². The molecule has 4 rings (SSSR count). The summed E-state index contributed by atoms with van der Waals surface area (Å²) >= 11 is 4.05. The molecule has 0 unspecified atom stereocenters. The van der Waals surface area contributed by atoms with Crippen LogP contribution in [0.4, 0.5) is 0 Å². The Morgan fingerprint density at radius 3 is 1.85 bits per heavy atom. The Morgan fingerprint density at radius 1 is 0.902 bits per heavy atom. The lowest BCUT2D eigenvalue weighted by molar-refractivity contribution is -0.176. The Labute approximate surface area is 258 Å². The molecule has 6 heteroatoms. The van der Waals surface area contributed by atoms with Crippen LogP contribution >= 0.6 is 15.9 Å². The normalized spacial score (nSPS) is 26.4. The van der Waals surface area contributed by atoms with Gasteiger partial charge in [0.05, 0.1) is 16.5 Å². The summed E-state index contributed by atoms with van der Waals surface area (Å²) < 4.78 is 18.9. The zero-order valence-electron chi connectivity index (χ0n) is 26.5. The summed E-state index contributed by atoms with van der Waals surface area (Å²) in [5.74, 6) is 0.145. The number of alkyl halides is 1. The van der Waals surface area contributed by atoms with E-state index in [1.54, 1.807) is 7.11 Å². The first-order chi connectivity index (χ1) is 19.1. The van der Waals surface area contributed by atoms with Crippen molar-refractivity contribution in [1.29, 1.82) is 0 Å². The van der Waals surface area contributed by atoms with E-state index in [0.29, 0.717) is 6.61 Å². The van der Waals surface area contributed by atoms with Crippen molar-refractivity contribution in [2.24, 2.45) is 22.2 Å². The van der Waals surface area contributed by atoms with Crippen molar-refractivity contribution in [3.05, 3.63) is 72.8 Å². The number of hydrogen-bond acceptors (Lipinski definition) is 4. The van der Waals surface area contributed by atoms with E-state index < -0.39 is 24.8 Å². The molecule has 0 saturated heterocycles. The maximum Gasteiger partial charge on any atom is 0.261 e. The molecule has 2 aromatic rings.